The molecule has 0 fully saturated rings. The normalized spacial score (nSPS) is 12.2. The van der Waals surface area contributed by atoms with Gasteiger partial charge in [0.25, 0.3) is 0 Å². The average Bonchev–Trinajstić information content (AvgIpc) is 2.53. The van der Waals surface area contributed by atoms with Crippen LogP contribution in [0.3, 0.4) is 0 Å². The van der Waals surface area contributed by atoms with Crippen LogP contribution in [0.25, 0.3) is 0 Å². The van der Waals surface area contributed by atoms with Gasteiger partial charge in [-0.2, -0.15) is 13.2 Å². The van der Waals surface area contributed by atoms with E-state index in [0.717, 1.165) is 12.1 Å². The van der Waals surface area contributed by atoms with Gasteiger partial charge in [-0.15, -0.1) is 0 Å². The van der Waals surface area contributed by atoms with Gasteiger partial charge < -0.3 is 9.68 Å². The number of rotatable bonds is 5. The molecule has 0 radical (unpaired) electrons. The lowest BCUT2D eigenvalue weighted by atomic mass is 10.1. The Bertz CT molecular complexity index is 734. The number of hydrogen-bond donors (Lipinski definition) is 2. The van der Waals surface area contributed by atoms with E-state index in [1.54, 1.807) is 24.3 Å². The SMILES string of the molecule is C/C(=N\Oc1ccc(Cl)cc1)c1ccc(C(F)(F)F)cc1ONO. The maximum Gasteiger partial charge on any atom is 0.416 e. The van der Waals surface area contributed by atoms with Crippen molar-refractivity contribution in [2.75, 3.05) is 0 Å². The highest BCUT2D eigenvalue weighted by Gasteiger charge is 2.31. The number of hydrogen-bond acceptors (Lipinski definition) is 5. The van der Waals surface area contributed by atoms with E-state index in [1.165, 1.54) is 18.6 Å². The topological polar surface area (TPSA) is 63.1 Å². The monoisotopic (exact) mass is 360 g/mol. The van der Waals surface area contributed by atoms with Crippen molar-refractivity contribution in [2.45, 2.75) is 13.1 Å². The van der Waals surface area contributed by atoms with Crippen molar-refractivity contribution in [2.24, 2.45) is 5.16 Å². The Morgan fingerprint density at radius 1 is 1.17 bits per heavy atom. The second kappa shape index (κ2) is 7.52. The van der Waals surface area contributed by atoms with Crippen LogP contribution in [0.4, 0.5) is 13.2 Å². The van der Waals surface area contributed by atoms with Crippen molar-refractivity contribution >= 4 is 17.3 Å². The summed E-state index contributed by atoms with van der Waals surface area (Å²) in [4.78, 5) is 9.79. The summed E-state index contributed by atoms with van der Waals surface area (Å²) in [6, 6.07) is 9.14. The second-order valence-electron chi connectivity index (χ2n) is 4.62. The fourth-order valence-electron chi connectivity index (χ4n) is 1.80. The first-order valence-electron chi connectivity index (χ1n) is 6.56. The third-order valence-electron chi connectivity index (χ3n) is 2.96. The number of nitrogens with zero attached hydrogens (tertiary/aromatic N) is 1. The maximum atomic E-state index is 12.7. The lowest BCUT2D eigenvalue weighted by Gasteiger charge is -2.12. The molecule has 2 aromatic rings. The van der Waals surface area contributed by atoms with Gasteiger partial charge >= 0.3 is 6.18 Å². The highest BCUT2D eigenvalue weighted by atomic mass is 35.5. The van der Waals surface area contributed by atoms with Crippen LogP contribution in [0.2, 0.25) is 5.02 Å². The van der Waals surface area contributed by atoms with Crippen LogP contribution in [0.5, 0.6) is 11.5 Å². The third-order valence-corrected chi connectivity index (χ3v) is 3.21. The van der Waals surface area contributed by atoms with E-state index in [-0.39, 0.29) is 17.0 Å². The lowest BCUT2D eigenvalue weighted by molar-refractivity contribution is -0.138. The van der Waals surface area contributed by atoms with E-state index >= 15 is 0 Å². The van der Waals surface area contributed by atoms with Crippen LogP contribution in [-0.2, 0) is 6.18 Å². The van der Waals surface area contributed by atoms with E-state index in [4.69, 9.17) is 21.6 Å². The highest BCUT2D eigenvalue weighted by Crippen LogP contribution is 2.33. The predicted octanol–water partition coefficient (Wildman–Crippen LogP) is 4.43. The van der Waals surface area contributed by atoms with E-state index in [0.29, 0.717) is 10.8 Å². The molecule has 0 aromatic heterocycles. The van der Waals surface area contributed by atoms with Crippen LogP contribution >= 0.6 is 11.6 Å². The van der Waals surface area contributed by atoms with Crippen LogP contribution in [0, 0.1) is 0 Å². The molecular weight excluding hydrogens is 349 g/mol. The zero-order chi connectivity index (χ0) is 17.7. The van der Waals surface area contributed by atoms with Crippen molar-refractivity contribution < 1.29 is 28.1 Å². The molecule has 128 valence electrons. The molecule has 2 aromatic carbocycles. The molecule has 0 saturated heterocycles. The Kier molecular flexibility index (Phi) is 5.66. The Balaban J connectivity index is 2.28. The predicted molar refractivity (Wildman–Crippen MR) is 81.3 cm³/mol. The molecule has 0 atom stereocenters. The summed E-state index contributed by atoms with van der Waals surface area (Å²) in [5.41, 5.74) is 0.879. The van der Waals surface area contributed by atoms with E-state index < -0.39 is 11.7 Å². The molecule has 24 heavy (non-hydrogen) atoms. The molecule has 0 unspecified atom stereocenters. The Morgan fingerprint density at radius 3 is 2.42 bits per heavy atom. The first kappa shape index (κ1) is 18.1. The summed E-state index contributed by atoms with van der Waals surface area (Å²) in [5, 5.41) is 13.0. The van der Waals surface area contributed by atoms with E-state index in [9.17, 15) is 13.2 Å². The fourth-order valence-corrected chi connectivity index (χ4v) is 1.92. The summed E-state index contributed by atoms with van der Waals surface area (Å²) in [6.07, 6.45) is -4.54. The van der Waals surface area contributed by atoms with Gasteiger partial charge in [0.2, 0.25) is 0 Å². The van der Waals surface area contributed by atoms with Gasteiger partial charge in [-0.05, 0) is 55.0 Å². The standard InChI is InChI=1S/C15H12ClF3N2O3/c1-9(20-23-12-5-3-11(16)4-6-12)13-7-2-10(15(17,18)19)8-14(13)24-21-22/h2-8,21-22H,1H3/b20-9+. The van der Waals surface area contributed by atoms with Crippen LogP contribution in [-0.4, -0.2) is 10.9 Å². The highest BCUT2D eigenvalue weighted by molar-refractivity contribution is 6.30. The molecule has 2 rings (SSSR count). The molecule has 0 amide bonds. The van der Waals surface area contributed by atoms with Crippen molar-refractivity contribution in [3.05, 3.63) is 58.6 Å². The van der Waals surface area contributed by atoms with Gasteiger partial charge in [0.15, 0.2) is 11.5 Å². The van der Waals surface area contributed by atoms with Crippen LogP contribution < -0.4 is 15.3 Å². The van der Waals surface area contributed by atoms with Crippen LogP contribution in [0.1, 0.15) is 18.1 Å². The number of nitrogens with one attached hydrogen (secondary N) is 1. The molecular formula is C15H12ClF3N2O3. The molecule has 0 aliphatic carbocycles. The molecule has 0 spiro atoms. The minimum absolute atomic E-state index is 0.207. The zero-order valence-corrected chi connectivity index (χ0v) is 13.0. The fraction of sp³-hybridized carbons (Fsp3) is 0.133. The van der Waals surface area contributed by atoms with Gasteiger partial charge in [0.05, 0.1) is 11.3 Å². The van der Waals surface area contributed by atoms with Gasteiger partial charge in [-0.3, -0.25) is 5.21 Å². The number of alkyl halides is 3. The average molecular weight is 361 g/mol. The molecule has 5 nitrogen and oxygen atoms in total. The van der Waals surface area contributed by atoms with Crippen molar-refractivity contribution in [3.8, 4) is 11.5 Å². The lowest BCUT2D eigenvalue weighted by Crippen LogP contribution is -2.16. The summed E-state index contributed by atoms with van der Waals surface area (Å²) < 4.78 is 38.2. The molecule has 0 heterocycles. The van der Waals surface area contributed by atoms with Crippen molar-refractivity contribution in [1.29, 1.82) is 0 Å². The minimum atomic E-state index is -4.54. The Hall–Kier alpha value is -2.29. The Morgan fingerprint density at radius 2 is 1.83 bits per heavy atom. The minimum Gasteiger partial charge on any atom is -0.383 e. The smallest absolute Gasteiger partial charge is 0.383 e. The van der Waals surface area contributed by atoms with Crippen molar-refractivity contribution in [1.82, 2.24) is 5.64 Å². The maximum absolute atomic E-state index is 12.7. The van der Waals surface area contributed by atoms with Gasteiger partial charge in [0, 0.05) is 10.6 Å². The van der Waals surface area contributed by atoms with Gasteiger partial charge in [-0.1, -0.05) is 16.8 Å². The second-order valence-corrected chi connectivity index (χ2v) is 5.06. The largest absolute Gasteiger partial charge is 0.416 e. The summed E-state index contributed by atoms with van der Waals surface area (Å²) in [7, 11) is 0. The molecule has 9 heteroatoms. The van der Waals surface area contributed by atoms with Gasteiger partial charge in [-0.25, -0.2) is 0 Å². The molecule has 0 aliphatic heterocycles. The molecule has 0 saturated carbocycles. The first-order chi connectivity index (χ1) is 11.3. The first-order valence-corrected chi connectivity index (χ1v) is 6.94. The molecule has 0 bridgehead atoms. The number of benzene rings is 2. The Labute approximate surface area is 140 Å². The van der Waals surface area contributed by atoms with E-state index in [2.05, 4.69) is 9.99 Å². The number of halogens is 4. The summed E-state index contributed by atoms with van der Waals surface area (Å²) in [5.74, 6) is 0.140. The summed E-state index contributed by atoms with van der Waals surface area (Å²) in [6.45, 7) is 1.52. The van der Waals surface area contributed by atoms with Gasteiger partial charge in [0.1, 0.15) is 0 Å². The quantitative estimate of drug-likeness (QED) is 0.611. The molecule has 0 aliphatic rings. The van der Waals surface area contributed by atoms with E-state index in [1.807, 2.05) is 0 Å². The third kappa shape index (κ3) is 4.60. The number of oxime groups is 1. The zero-order valence-electron chi connectivity index (χ0n) is 12.3. The summed E-state index contributed by atoms with van der Waals surface area (Å²) >= 11 is 5.75. The molecule has 2 N–H and O–H groups in total. The van der Waals surface area contributed by atoms with Crippen LogP contribution in [0.15, 0.2) is 47.6 Å². The van der Waals surface area contributed by atoms with Crippen molar-refractivity contribution in [3.63, 3.8) is 0 Å².